The zero-order valence-electron chi connectivity index (χ0n) is 15.4. The SMILES string of the molecule is CCOS(CCc1ccc(OC(C)(C)C)cc1)(OCC)OCC. The Morgan fingerprint density at radius 3 is 1.70 bits per heavy atom. The van der Waals surface area contributed by atoms with Gasteiger partial charge >= 0.3 is 0 Å². The maximum atomic E-state index is 5.85. The summed E-state index contributed by atoms with van der Waals surface area (Å²) < 4.78 is 23.4. The van der Waals surface area contributed by atoms with E-state index in [9.17, 15) is 0 Å². The third-order valence-corrected chi connectivity index (χ3v) is 5.37. The van der Waals surface area contributed by atoms with E-state index in [0.717, 1.165) is 17.9 Å². The van der Waals surface area contributed by atoms with Gasteiger partial charge in [0.2, 0.25) is 0 Å². The van der Waals surface area contributed by atoms with Crippen molar-refractivity contribution < 1.29 is 17.3 Å². The van der Waals surface area contributed by atoms with Crippen LogP contribution in [0.4, 0.5) is 0 Å². The lowest BCUT2D eigenvalue weighted by Gasteiger charge is -2.36. The quantitative estimate of drug-likeness (QED) is 0.594. The zero-order valence-corrected chi connectivity index (χ0v) is 16.2. The molecule has 0 heterocycles. The van der Waals surface area contributed by atoms with Crippen LogP contribution in [0.5, 0.6) is 5.75 Å². The molecular weight excluding hydrogens is 312 g/mol. The molecule has 0 saturated carbocycles. The van der Waals surface area contributed by atoms with E-state index in [1.54, 1.807) is 0 Å². The Labute approximate surface area is 143 Å². The van der Waals surface area contributed by atoms with Crippen molar-refractivity contribution in [3.63, 3.8) is 0 Å². The van der Waals surface area contributed by atoms with Crippen molar-refractivity contribution in [3.8, 4) is 5.75 Å². The van der Waals surface area contributed by atoms with Gasteiger partial charge in [-0.1, -0.05) is 12.1 Å². The van der Waals surface area contributed by atoms with Crippen molar-refractivity contribution in [2.75, 3.05) is 25.6 Å². The van der Waals surface area contributed by atoms with E-state index in [0.29, 0.717) is 19.8 Å². The normalized spacial score (nSPS) is 13.1. The summed E-state index contributed by atoms with van der Waals surface area (Å²) in [5.41, 5.74) is 1.04. The van der Waals surface area contributed by atoms with Gasteiger partial charge in [0.25, 0.3) is 0 Å². The number of hydrogen-bond donors (Lipinski definition) is 0. The first kappa shape index (κ1) is 20.3. The Balaban J connectivity index is 2.69. The van der Waals surface area contributed by atoms with E-state index in [2.05, 4.69) is 12.1 Å². The highest BCUT2D eigenvalue weighted by Crippen LogP contribution is 2.51. The first-order valence-corrected chi connectivity index (χ1v) is 9.94. The van der Waals surface area contributed by atoms with E-state index >= 15 is 0 Å². The van der Waals surface area contributed by atoms with E-state index in [4.69, 9.17) is 17.3 Å². The molecule has 0 aromatic heterocycles. The molecule has 23 heavy (non-hydrogen) atoms. The highest BCUT2D eigenvalue weighted by Gasteiger charge is 2.26. The summed E-state index contributed by atoms with van der Waals surface area (Å²) in [6, 6.07) is 8.21. The molecule has 0 aliphatic carbocycles. The minimum Gasteiger partial charge on any atom is -0.488 e. The monoisotopic (exact) mass is 344 g/mol. The maximum Gasteiger partial charge on any atom is 0.120 e. The molecule has 0 aliphatic rings. The van der Waals surface area contributed by atoms with Gasteiger partial charge in [-0.25, -0.2) is 0 Å². The molecule has 0 spiro atoms. The van der Waals surface area contributed by atoms with E-state index in [-0.39, 0.29) is 5.60 Å². The van der Waals surface area contributed by atoms with Crippen LogP contribution < -0.4 is 4.74 Å². The van der Waals surface area contributed by atoms with Crippen LogP contribution in [0, 0.1) is 0 Å². The number of benzene rings is 1. The third-order valence-electron chi connectivity index (χ3n) is 2.88. The standard InChI is InChI=1S/C18H32O4S/c1-7-19-23(20-8-2,21-9-3)15-14-16-10-12-17(13-11-16)22-18(4,5)6/h10-13H,7-9,14-15H2,1-6H3. The smallest absolute Gasteiger partial charge is 0.120 e. The Hall–Kier alpha value is -0.750. The number of ether oxygens (including phenoxy) is 1. The van der Waals surface area contributed by atoms with Gasteiger partial charge in [0.15, 0.2) is 0 Å². The molecular formula is C18H32O4S. The van der Waals surface area contributed by atoms with Crippen molar-refractivity contribution in [1.29, 1.82) is 0 Å². The summed E-state index contributed by atoms with van der Waals surface area (Å²) in [6.45, 7) is 13.8. The summed E-state index contributed by atoms with van der Waals surface area (Å²) >= 11 is 0. The second kappa shape index (κ2) is 9.52. The zero-order chi connectivity index (χ0) is 17.3. The fraction of sp³-hybridized carbons (Fsp3) is 0.667. The van der Waals surface area contributed by atoms with Gasteiger partial charge in [-0.05, 0) is 65.7 Å². The molecule has 134 valence electrons. The minimum atomic E-state index is -1.92. The Bertz CT molecular complexity index is 422. The fourth-order valence-corrected chi connectivity index (χ4v) is 4.26. The van der Waals surface area contributed by atoms with E-state index < -0.39 is 10.9 Å². The minimum absolute atomic E-state index is 0.181. The van der Waals surface area contributed by atoms with E-state index in [1.165, 1.54) is 5.56 Å². The summed E-state index contributed by atoms with van der Waals surface area (Å²) in [4.78, 5) is 0. The average Bonchev–Trinajstić information content (AvgIpc) is 2.46. The molecule has 1 aromatic rings. The predicted molar refractivity (Wildman–Crippen MR) is 97.9 cm³/mol. The molecule has 0 atom stereocenters. The molecule has 5 heteroatoms. The van der Waals surface area contributed by atoms with Gasteiger partial charge in [-0.2, -0.15) is 0 Å². The summed E-state index contributed by atoms with van der Waals surface area (Å²) in [6.07, 6.45) is 0.852. The van der Waals surface area contributed by atoms with Crippen LogP contribution in [-0.4, -0.2) is 31.2 Å². The van der Waals surface area contributed by atoms with Crippen molar-refractivity contribution in [2.45, 2.75) is 53.6 Å². The lowest BCUT2D eigenvalue weighted by Crippen LogP contribution is -2.22. The molecule has 0 N–H and O–H groups in total. The molecule has 1 aromatic carbocycles. The molecule has 1 rings (SSSR count). The Morgan fingerprint density at radius 2 is 1.30 bits per heavy atom. The topological polar surface area (TPSA) is 36.9 Å². The predicted octanol–water partition coefficient (Wildman–Crippen LogP) is 5.07. The first-order valence-electron chi connectivity index (χ1n) is 8.36. The molecule has 0 fully saturated rings. The molecule has 0 saturated heterocycles. The molecule has 0 radical (unpaired) electrons. The summed E-state index contributed by atoms with van der Waals surface area (Å²) in [5, 5.41) is 0. The summed E-state index contributed by atoms with van der Waals surface area (Å²) in [5.74, 6) is 1.63. The van der Waals surface area contributed by atoms with Crippen LogP contribution in [0.1, 0.15) is 47.1 Å². The molecule has 0 amide bonds. The van der Waals surface area contributed by atoms with Crippen LogP contribution in [-0.2, 0) is 19.0 Å². The van der Waals surface area contributed by atoms with Crippen LogP contribution in [0.2, 0.25) is 0 Å². The maximum absolute atomic E-state index is 5.85. The van der Waals surface area contributed by atoms with Crippen LogP contribution in [0.3, 0.4) is 0 Å². The van der Waals surface area contributed by atoms with Crippen molar-refractivity contribution in [2.24, 2.45) is 0 Å². The largest absolute Gasteiger partial charge is 0.488 e. The molecule has 4 nitrogen and oxygen atoms in total. The second-order valence-corrected chi connectivity index (χ2v) is 8.32. The highest BCUT2D eigenvalue weighted by atomic mass is 32.3. The lowest BCUT2D eigenvalue weighted by molar-refractivity contribution is 0.131. The molecule has 0 unspecified atom stereocenters. The molecule has 0 aliphatic heterocycles. The van der Waals surface area contributed by atoms with Gasteiger partial charge < -0.3 is 4.74 Å². The Morgan fingerprint density at radius 1 is 0.826 bits per heavy atom. The number of hydrogen-bond acceptors (Lipinski definition) is 4. The van der Waals surface area contributed by atoms with Crippen LogP contribution >= 0.6 is 10.9 Å². The van der Waals surface area contributed by atoms with Gasteiger partial charge in [0.1, 0.15) is 11.4 Å². The van der Waals surface area contributed by atoms with Gasteiger partial charge in [-0.3, -0.25) is 12.5 Å². The van der Waals surface area contributed by atoms with Crippen LogP contribution in [0.25, 0.3) is 0 Å². The van der Waals surface area contributed by atoms with Gasteiger partial charge in [0.05, 0.1) is 36.4 Å². The second-order valence-electron chi connectivity index (χ2n) is 6.09. The Kier molecular flexibility index (Phi) is 8.40. The van der Waals surface area contributed by atoms with Crippen molar-refractivity contribution >= 4 is 10.9 Å². The third kappa shape index (κ3) is 7.57. The van der Waals surface area contributed by atoms with Crippen molar-refractivity contribution in [3.05, 3.63) is 29.8 Å². The molecule has 0 bridgehead atoms. The van der Waals surface area contributed by atoms with Gasteiger partial charge in [-0.15, -0.1) is 0 Å². The average molecular weight is 345 g/mol. The lowest BCUT2D eigenvalue weighted by atomic mass is 10.1. The summed E-state index contributed by atoms with van der Waals surface area (Å²) in [7, 11) is -1.92. The van der Waals surface area contributed by atoms with E-state index in [1.807, 2.05) is 53.7 Å². The van der Waals surface area contributed by atoms with Crippen molar-refractivity contribution in [1.82, 2.24) is 0 Å². The first-order chi connectivity index (χ1) is 10.8. The fourth-order valence-electron chi connectivity index (χ4n) is 2.14. The number of rotatable bonds is 10. The number of aryl methyl sites for hydroxylation is 1. The van der Waals surface area contributed by atoms with Crippen LogP contribution in [0.15, 0.2) is 24.3 Å². The van der Waals surface area contributed by atoms with Gasteiger partial charge in [0, 0.05) is 0 Å². The highest BCUT2D eigenvalue weighted by molar-refractivity contribution is 8.21.